The molecule has 26 heavy (non-hydrogen) atoms. The van der Waals surface area contributed by atoms with E-state index in [2.05, 4.69) is 20.7 Å². The summed E-state index contributed by atoms with van der Waals surface area (Å²) in [6, 6.07) is 12.9. The van der Waals surface area contributed by atoms with Crippen molar-refractivity contribution in [3.63, 3.8) is 0 Å². The van der Waals surface area contributed by atoms with Crippen LogP contribution in [0, 0.1) is 0 Å². The van der Waals surface area contributed by atoms with Gasteiger partial charge < -0.3 is 9.64 Å². The van der Waals surface area contributed by atoms with Crippen molar-refractivity contribution in [1.82, 2.24) is 4.90 Å². The summed E-state index contributed by atoms with van der Waals surface area (Å²) < 4.78 is 33.7. The van der Waals surface area contributed by atoms with E-state index in [1.165, 1.54) is 12.1 Å². The molecule has 0 aliphatic carbocycles. The van der Waals surface area contributed by atoms with Crippen molar-refractivity contribution in [2.24, 2.45) is 0 Å². The van der Waals surface area contributed by atoms with Gasteiger partial charge in [-0.1, -0.05) is 15.9 Å². The standard InChI is InChI=1S/C18H19BrN2O4S/c19-14-3-5-15(6-4-14)20-26(23,24)17-9-7-16(8-10-17)25-13-18(22)21-11-1-2-12-21/h3-10,20H,1-2,11-13H2. The number of amides is 1. The van der Waals surface area contributed by atoms with Gasteiger partial charge in [0.15, 0.2) is 6.61 Å². The number of carbonyl (C=O) groups excluding carboxylic acids is 1. The fourth-order valence-corrected chi connectivity index (χ4v) is 3.97. The SMILES string of the molecule is O=C(COc1ccc(S(=O)(=O)Nc2ccc(Br)cc2)cc1)N1CCCC1. The summed E-state index contributed by atoms with van der Waals surface area (Å²) in [5, 5.41) is 0. The van der Waals surface area contributed by atoms with E-state index in [1.807, 2.05) is 0 Å². The van der Waals surface area contributed by atoms with Crippen molar-refractivity contribution in [3.8, 4) is 5.75 Å². The van der Waals surface area contributed by atoms with Crippen LogP contribution < -0.4 is 9.46 Å². The van der Waals surface area contributed by atoms with E-state index in [4.69, 9.17) is 4.74 Å². The molecular formula is C18H19BrN2O4S. The van der Waals surface area contributed by atoms with Gasteiger partial charge in [0.25, 0.3) is 15.9 Å². The molecule has 1 fully saturated rings. The van der Waals surface area contributed by atoms with Crippen LogP contribution in [0.2, 0.25) is 0 Å². The Bertz CT molecular complexity index is 861. The van der Waals surface area contributed by atoms with E-state index in [0.29, 0.717) is 11.4 Å². The van der Waals surface area contributed by atoms with Crippen LogP contribution in [0.25, 0.3) is 0 Å². The molecule has 0 radical (unpaired) electrons. The van der Waals surface area contributed by atoms with Crippen molar-refractivity contribution in [2.75, 3.05) is 24.4 Å². The zero-order valence-corrected chi connectivity index (χ0v) is 16.4. The van der Waals surface area contributed by atoms with Gasteiger partial charge in [-0.15, -0.1) is 0 Å². The van der Waals surface area contributed by atoms with E-state index >= 15 is 0 Å². The van der Waals surface area contributed by atoms with E-state index in [-0.39, 0.29) is 17.4 Å². The highest BCUT2D eigenvalue weighted by Crippen LogP contribution is 2.21. The van der Waals surface area contributed by atoms with Crippen molar-refractivity contribution in [1.29, 1.82) is 0 Å². The highest BCUT2D eigenvalue weighted by Gasteiger charge is 2.18. The van der Waals surface area contributed by atoms with Crippen LogP contribution in [0.5, 0.6) is 5.75 Å². The number of benzene rings is 2. The summed E-state index contributed by atoms with van der Waals surface area (Å²) in [5.74, 6) is 0.413. The maximum absolute atomic E-state index is 12.4. The molecule has 0 aromatic heterocycles. The molecular weight excluding hydrogens is 420 g/mol. The molecule has 0 atom stereocenters. The molecule has 1 aliphatic rings. The molecule has 1 saturated heterocycles. The van der Waals surface area contributed by atoms with Crippen LogP contribution in [0.3, 0.4) is 0 Å². The zero-order chi connectivity index (χ0) is 18.6. The van der Waals surface area contributed by atoms with Gasteiger partial charge in [-0.3, -0.25) is 9.52 Å². The predicted octanol–water partition coefficient (Wildman–Crippen LogP) is 3.25. The number of likely N-dealkylation sites (tertiary alicyclic amines) is 1. The van der Waals surface area contributed by atoms with Crippen molar-refractivity contribution in [2.45, 2.75) is 17.7 Å². The summed E-state index contributed by atoms with van der Waals surface area (Å²) in [6.07, 6.45) is 2.06. The van der Waals surface area contributed by atoms with Gasteiger partial charge in [-0.25, -0.2) is 8.42 Å². The van der Waals surface area contributed by atoms with E-state index in [1.54, 1.807) is 41.3 Å². The van der Waals surface area contributed by atoms with Crippen LogP contribution >= 0.6 is 15.9 Å². The molecule has 138 valence electrons. The molecule has 6 nitrogen and oxygen atoms in total. The van der Waals surface area contributed by atoms with E-state index < -0.39 is 10.0 Å². The van der Waals surface area contributed by atoms with Gasteiger partial charge in [-0.05, 0) is 61.4 Å². The number of nitrogens with one attached hydrogen (secondary N) is 1. The lowest BCUT2D eigenvalue weighted by molar-refractivity contribution is -0.132. The van der Waals surface area contributed by atoms with Gasteiger partial charge in [0, 0.05) is 23.2 Å². The summed E-state index contributed by atoms with van der Waals surface area (Å²) in [7, 11) is -3.68. The first-order valence-corrected chi connectivity index (χ1v) is 10.5. The molecule has 2 aromatic carbocycles. The number of hydrogen-bond acceptors (Lipinski definition) is 4. The smallest absolute Gasteiger partial charge is 0.261 e. The van der Waals surface area contributed by atoms with Gasteiger partial charge in [0.1, 0.15) is 5.75 Å². The number of hydrogen-bond donors (Lipinski definition) is 1. The molecule has 1 N–H and O–H groups in total. The topological polar surface area (TPSA) is 75.7 Å². The number of halogens is 1. The van der Waals surface area contributed by atoms with E-state index in [9.17, 15) is 13.2 Å². The van der Waals surface area contributed by atoms with Crippen LogP contribution in [0.15, 0.2) is 57.9 Å². The fraction of sp³-hybridized carbons (Fsp3) is 0.278. The maximum Gasteiger partial charge on any atom is 0.261 e. The number of carbonyl (C=O) groups is 1. The van der Waals surface area contributed by atoms with Gasteiger partial charge in [0.2, 0.25) is 0 Å². The molecule has 0 unspecified atom stereocenters. The number of rotatable bonds is 6. The van der Waals surface area contributed by atoms with Crippen molar-refractivity contribution in [3.05, 3.63) is 53.0 Å². The Kier molecular flexibility index (Phi) is 5.83. The Hall–Kier alpha value is -2.06. The Labute approximate surface area is 161 Å². The quantitative estimate of drug-likeness (QED) is 0.750. The van der Waals surface area contributed by atoms with Crippen LogP contribution in [-0.2, 0) is 14.8 Å². The molecule has 1 heterocycles. The summed E-state index contributed by atoms with van der Waals surface area (Å²) >= 11 is 3.31. The Morgan fingerprint density at radius 2 is 1.65 bits per heavy atom. The van der Waals surface area contributed by atoms with E-state index in [0.717, 1.165) is 30.4 Å². The summed E-state index contributed by atoms with van der Waals surface area (Å²) in [6.45, 7) is 1.52. The molecule has 0 bridgehead atoms. The Morgan fingerprint density at radius 3 is 2.27 bits per heavy atom. The lowest BCUT2D eigenvalue weighted by Gasteiger charge is -2.15. The molecule has 0 spiro atoms. The summed E-state index contributed by atoms with van der Waals surface area (Å²) in [4.78, 5) is 13.9. The first kappa shape index (κ1) is 18.7. The monoisotopic (exact) mass is 438 g/mol. The highest BCUT2D eigenvalue weighted by molar-refractivity contribution is 9.10. The normalized spacial score (nSPS) is 14.3. The zero-order valence-electron chi connectivity index (χ0n) is 14.0. The third kappa shape index (κ3) is 4.76. The second-order valence-corrected chi connectivity index (χ2v) is 8.56. The molecule has 8 heteroatoms. The summed E-state index contributed by atoms with van der Waals surface area (Å²) in [5.41, 5.74) is 0.477. The first-order valence-electron chi connectivity index (χ1n) is 8.23. The fourth-order valence-electron chi connectivity index (χ4n) is 2.65. The number of anilines is 1. The number of sulfonamides is 1. The van der Waals surface area contributed by atoms with Crippen molar-refractivity contribution >= 4 is 37.5 Å². The third-order valence-electron chi connectivity index (χ3n) is 4.05. The largest absolute Gasteiger partial charge is 0.484 e. The van der Waals surface area contributed by atoms with Crippen LogP contribution in [0.4, 0.5) is 5.69 Å². The lowest BCUT2D eigenvalue weighted by atomic mass is 10.3. The Morgan fingerprint density at radius 1 is 1.04 bits per heavy atom. The number of ether oxygens (including phenoxy) is 1. The first-order chi connectivity index (χ1) is 12.4. The third-order valence-corrected chi connectivity index (χ3v) is 5.98. The minimum absolute atomic E-state index is 0.0385. The Balaban J connectivity index is 1.60. The lowest BCUT2D eigenvalue weighted by Crippen LogP contribution is -2.32. The van der Waals surface area contributed by atoms with Crippen molar-refractivity contribution < 1.29 is 17.9 Å². The van der Waals surface area contributed by atoms with Gasteiger partial charge >= 0.3 is 0 Å². The molecule has 0 saturated carbocycles. The van der Waals surface area contributed by atoms with Gasteiger partial charge in [0.05, 0.1) is 4.90 Å². The van der Waals surface area contributed by atoms with Crippen LogP contribution in [-0.4, -0.2) is 38.9 Å². The number of nitrogens with zero attached hydrogens (tertiary/aromatic N) is 1. The average Bonchev–Trinajstić information content (AvgIpc) is 3.17. The van der Waals surface area contributed by atoms with Crippen LogP contribution in [0.1, 0.15) is 12.8 Å². The van der Waals surface area contributed by atoms with Gasteiger partial charge in [-0.2, -0.15) is 0 Å². The minimum atomic E-state index is -3.68. The molecule has 1 aliphatic heterocycles. The second-order valence-electron chi connectivity index (χ2n) is 5.96. The minimum Gasteiger partial charge on any atom is -0.484 e. The average molecular weight is 439 g/mol. The molecule has 1 amide bonds. The molecule has 2 aromatic rings. The maximum atomic E-state index is 12.4. The predicted molar refractivity (Wildman–Crippen MR) is 103 cm³/mol. The second kappa shape index (κ2) is 8.09. The highest BCUT2D eigenvalue weighted by atomic mass is 79.9. The molecule has 3 rings (SSSR count).